The van der Waals surface area contributed by atoms with E-state index in [0.29, 0.717) is 12.6 Å². The predicted molar refractivity (Wildman–Crippen MR) is 59.7 cm³/mol. The number of rotatable bonds is 3. The molecule has 1 saturated heterocycles. The molecule has 1 aliphatic carbocycles. The average molecular weight is 211 g/mol. The molecule has 0 aromatic rings. The monoisotopic (exact) mass is 211 g/mol. The van der Waals surface area contributed by atoms with Crippen LogP contribution in [0.25, 0.3) is 0 Å². The Kier molecular flexibility index (Phi) is 3.59. The van der Waals surface area contributed by atoms with Crippen molar-refractivity contribution in [3.63, 3.8) is 0 Å². The van der Waals surface area contributed by atoms with Crippen LogP contribution in [0.3, 0.4) is 0 Å². The SMILES string of the molecule is CNCC1CN(C2CCCC2)CC(=O)N1. The first-order valence-electron chi connectivity index (χ1n) is 5.97. The molecule has 1 amide bonds. The Morgan fingerprint density at radius 3 is 2.87 bits per heavy atom. The van der Waals surface area contributed by atoms with E-state index in [9.17, 15) is 4.79 Å². The van der Waals surface area contributed by atoms with Crippen LogP contribution in [-0.4, -0.2) is 49.6 Å². The molecule has 2 N–H and O–H groups in total. The Balaban J connectivity index is 1.90. The second-order valence-corrected chi connectivity index (χ2v) is 4.69. The maximum atomic E-state index is 11.5. The lowest BCUT2D eigenvalue weighted by atomic mass is 10.1. The number of nitrogens with zero attached hydrogens (tertiary/aromatic N) is 1. The van der Waals surface area contributed by atoms with Gasteiger partial charge in [0.15, 0.2) is 0 Å². The zero-order valence-corrected chi connectivity index (χ0v) is 9.46. The molecule has 0 spiro atoms. The molecule has 1 unspecified atom stereocenters. The highest BCUT2D eigenvalue weighted by molar-refractivity contribution is 5.79. The number of piperazine rings is 1. The molecule has 0 aromatic heterocycles. The summed E-state index contributed by atoms with van der Waals surface area (Å²) in [5.74, 6) is 0.188. The summed E-state index contributed by atoms with van der Waals surface area (Å²) in [6.07, 6.45) is 5.22. The number of nitrogens with one attached hydrogen (secondary N) is 2. The number of carbonyl (C=O) groups is 1. The number of likely N-dealkylation sites (N-methyl/N-ethyl adjacent to an activating group) is 1. The van der Waals surface area contributed by atoms with Crippen molar-refractivity contribution in [3.05, 3.63) is 0 Å². The maximum absolute atomic E-state index is 11.5. The van der Waals surface area contributed by atoms with Gasteiger partial charge in [-0.3, -0.25) is 9.69 Å². The van der Waals surface area contributed by atoms with Crippen LogP contribution in [-0.2, 0) is 4.79 Å². The summed E-state index contributed by atoms with van der Waals surface area (Å²) < 4.78 is 0. The van der Waals surface area contributed by atoms with Gasteiger partial charge in [0, 0.05) is 19.1 Å². The first-order valence-corrected chi connectivity index (χ1v) is 5.97. The van der Waals surface area contributed by atoms with E-state index in [2.05, 4.69) is 15.5 Å². The minimum atomic E-state index is 0.188. The van der Waals surface area contributed by atoms with Gasteiger partial charge in [0.05, 0.1) is 12.6 Å². The Labute approximate surface area is 91.4 Å². The molecular weight excluding hydrogens is 190 g/mol. The Hall–Kier alpha value is -0.610. The highest BCUT2D eigenvalue weighted by atomic mass is 16.2. The highest BCUT2D eigenvalue weighted by Gasteiger charge is 2.30. The van der Waals surface area contributed by atoms with Crippen molar-refractivity contribution in [2.45, 2.75) is 37.8 Å². The zero-order chi connectivity index (χ0) is 10.7. The van der Waals surface area contributed by atoms with Gasteiger partial charge < -0.3 is 10.6 Å². The quantitative estimate of drug-likeness (QED) is 0.688. The van der Waals surface area contributed by atoms with Gasteiger partial charge in [0.2, 0.25) is 5.91 Å². The van der Waals surface area contributed by atoms with Crippen LogP contribution in [0.5, 0.6) is 0 Å². The second-order valence-electron chi connectivity index (χ2n) is 4.69. The van der Waals surface area contributed by atoms with E-state index in [1.807, 2.05) is 7.05 Å². The van der Waals surface area contributed by atoms with Gasteiger partial charge >= 0.3 is 0 Å². The maximum Gasteiger partial charge on any atom is 0.234 e. The second kappa shape index (κ2) is 4.94. The standard InChI is InChI=1S/C11H21N3O/c1-12-6-9-7-14(8-11(15)13-9)10-4-2-3-5-10/h9-10,12H,2-8H2,1H3,(H,13,15). The van der Waals surface area contributed by atoms with E-state index in [1.165, 1.54) is 25.7 Å². The molecule has 1 atom stereocenters. The van der Waals surface area contributed by atoms with Gasteiger partial charge in [0.25, 0.3) is 0 Å². The van der Waals surface area contributed by atoms with E-state index in [1.54, 1.807) is 0 Å². The van der Waals surface area contributed by atoms with Crippen LogP contribution >= 0.6 is 0 Å². The molecule has 4 heteroatoms. The molecule has 1 saturated carbocycles. The fourth-order valence-corrected chi connectivity index (χ4v) is 2.76. The topological polar surface area (TPSA) is 44.4 Å². The molecule has 1 aliphatic heterocycles. The molecule has 0 bridgehead atoms. The normalized spacial score (nSPS) is 29.4. The summed E-state index contributed by atoms with van der Waals surface area (Å²) in [5, 5.41) is 6.16. The minimum absolute atomic E-state index is 0.188. The van der Waals surface area contributed by atoms with E-state index < -0.39 is 0 Å². The van der Waals surface area contributed by atoms with Crippen molar-refractivity contribution < 1.29 is 4.79 Å². The summed E-state index contributed by atoms with van der Waals surface area (Å²) in [6.45, 7) is 2.48. The Bertz CT molecular complexity index is 226. The molecule has 2 aliphatic rings. The number of amides is 1. The van der Waals surface area contributed by atoms with Crippen molar-refractivity contribution in [2.75, 3.05) is 26.7 Å². The third-order valence-electron chi connectivity index (χ3n) is 3.46. The zero-order valence-electron chi connectivity index (χ0n) is 9.46. The fraction of sp³-hybridized carbons (Fsp3) is 0.909. The van der Waals surface area contributed by atoms with Crippen LogP contribution < -0.4 is 10.6 Å². The van der Waals surface area contributed by atoms with Gasteiger partial charge in [-0.05, 0) is 19.9 Å². The summed E-state index contributed by atoms with van der Waals surface area (Å²) in [6, 6.07) is 0.951. The van der Waals surface area contributed by atoms with Gasteiger partial charge in [-0.1, -0.05) is 12.8 Å². The Morgan fingerprint density at radius 2 is 2.20 bits per heavy atom. The Morgan fingerprint density at radius 1 is 1.47 bits per heavy atom. The van der Waals surface area contributed by atoms with Crippen LogP contribution in [0.15, 0.2) is 0 Å². The largest absolute Gasteiger partial charge is 0.350 e. The van der Waals surface area contributed by atoms with Crippen LogP contribution in [0.1, 0.15) is 25.7 Å². The summed E-state index contributed by atoms with van der Waals surface area (Å²) >= 11 is 0. The molecule has 1 heterocycles. The molecule has 2 fully saturated rings. The lowest BCUT2D eigenvalue weighted by molar-refractivity contribution is -0.126. The van der Waals surface area contributed by atoms with Crippen LogP contribution in [0.2, 0.25) is 0 Å². The summed E-state index contributed by atoms with van der Waals surface area (Å²) in [5.41, 5.74) is 0. The fourth-order valence-electron chi connectivity index (χ4n) is 2.76. The van der Waals surface area contributed by atoms with Gasteiger partial charge in [-0.25, -0.2) is 0 Å². The van der Waals surface area contributed by atoms with Crippen molar-refractivity contribution in [1.29, 1.82) is 0 Å². The summed E-state index contributed by atoms with van der Waals surface area (Å²) in [7, 11) is 1.93. The number of hydrogen-bond donors (Lipinski definition) is 2. The van der Waals surface area contributed by atoms with E-state index in [4.69, 9.17) is 0 Å². The van der Waals surface area contributed by atoms with Crippen molar-refractivity contribution in [1.82, 2.24) is 15.5 Å². The predicted octanol–water partition coefficient (Wildman–Crippen LogP) is -0.0512. The smallest absolute Gasteiger partial charge is 0.234 e. The van der Waals surface area contributed by atoms with Crippen LogP contribution in [0.4, 0.5) is 0 Å². The molecule has 15 heavy (non-hydrogen) atoms. The first kappa shape index (κ1) is 10.9. The molecular formula is C11H21N3O. The highest BCUT2D eigenvalue weighted by Crippen LogP contribution is 2.24. The van der Waals surface area contributed by atoms with Crippen molar-refractivity contribution in [3.8, 4) is 0 Å². The number of hydrogen-bond acceptors (Lipinski definition) is 3. The van der Waals surface area contributed by atoms with E-state index >= 15 is 0 Å². The molecule has 0 radical (unpaired) electrons. The lowest BCUT2D eigenvalue weighted by Crippen LogP contribution is -2.58. The third kappa shape index (κ3) is 2.69. The molecule has 86 valence electrons. The molecule has 0 aromatic carbocycles. The third-order valence-corrected chi connectivity index (χ3v) is 3.46. The molecule has 2 rings (SSSR count). The molecule has 4 nitrogen and oxygen atoms in total. The van der Waals surface area contributed by atoms with Gasteiger partial charge in [0.1, 0.15) is 0 Å². The first-order chi connectivity index (χ1) is 7.29. The minimum Gasteiger partial charge on any atom is -0.350 e. The van der Waals surface area contributed by atoms with E-state index in [0.717, 1.165) is 13.1 Å². The van der Waals surface area contributed by atoms with Crippen LogP contribution in [0, 0.1) is 0 Å². The average Bonchev–Trinajstić information content (AvgIpc) is 2.70. The lowest BCUT2D eigenvalue weighted by Gasteiger charge is -2.36. The van der Waals surface area contributed by atoms with Crippen molar-refractivity contribution in [2.24, 2.45) is 0 Å². The number of carbonyl (C=O) groups excluding carboxylic acids is 1. The van der Waals surface area contributed by atoms with Gasteiger partial charge in [-0.2, -0.15) is 0 Å². The van der Waals surface area contributed by atoms with Gasteiger partial charge in [-0.15, -0.1) is 0 Å². The summed E-state index contributed by atoms with van der Waals surface area (Å²) in [4.78, 5) is 13.9. The van der Waals surface area contributed by atoms with E-state index in [-0.39, 0.29) is 11.9 Å². The van der Waals surface area contributed by atoms with Crippen molar-refractivity contribution >= 4 is 5.91 Å².